The lowest BCUT2D eigenvalue weighted by Crippen LogP contribution is -2.12. The van der Waals surface area contributed by atoms with Gasteiger partial charge in [0.1, 0.15) is 5.75 Å². The van der Waals surface area contributed by atoms with Crippen molar-refractivity contribution >= 4 is 5.97 Å². The van der Waals surface area contributed by atoms with Crippen molar-refractivity contribution in [1.29, 1.82) is 0 Å². The third-order valence-electron chi connectivity index (χ3n) is 2.83. The highest BCUT2D eigenvalue weighted by atomic mass is 16.5. The molecule has 0 saturated carbocycles. The summed E-state index contributed by atoms with van der Waals surface area (Å²) in [5.41, 5.74) is 1.22. The number of hydrogen-bond acceptors (Lipinski definition) is 4. The van der Waals surface area contributed by atoms with Gasteiger partial charge in [0.05, 0.1) is 13.7 Å². The van der Waals surface area contributed by atoms with Crippen LogP contribution in [0.5, 0.6) is 5.75 Å². The van der Waals surface area contributed by atoms with E-state index >= 15 is 0 Å². The first-order chi connectivity index (χ1) is 8.67. The van der Waals surface area contributed by atoms with Crippen LogP contribution in [0, 0.1) is 0 Å². The van der Waals surface area contributed by atoms with E-state index in [4.69, 9.17) is 4.74 Å². The smallest absolute Gasteiger partial charge is 0.305 e. The molecule has 4 nitrogen and oxygen atoms in total. The Balaban J connectivity index is 2.33. The summed E-state index contributed by atoms with van der Waals surface area (Å²) in [5.74, 6) is 0.628. The highest BCUT2D eigenvalue weighted by molar-refractivity contribution is 5.69. The largest absolute Gasteiger partial charge is 0.494 e. The first kappa shape index (κ1) is 14.5. The van der Waals surface area contributed by atoms with Gasteiger partial charge in [-0.15, -0.1) is 0 Å². The SMILES string of the molecule is CNC(C)c1ccc(OCCCC(=O)OC)cc1. The summed E-state index contributed by atoms with van der Waals surface area (Å²) in [7, 11) is 3.33. The van der Waals surface area contributed by atoms with E-state index in [1.54, 1.807) is 0 Å². The standard InChI is InChI=1S/C14H21NO3/c1-11(15-2)12-6-8-13(9-7-12)18-10-4-5-14(16)17-3/h6-9,11,15H,4-5,10H2,1-3H3. The molecule has 1 rings (SSSR count). The van der Waals surface area contributed by atoms with E-state index in [0.29, 0.717) is 25.5 Å². The van der Waals surface area contributed by atoms with E-state index in [-0.39, 0.29) is 5.97 Å². The number of carbonyl (C=O) groups excluding carboxylic acids is 1. The highest BCUT2D eigenvalue weighted by Gasteiger charge is 2.03. The molecule has 1 N–H and O–H groups in total. The molecule has 0 fully saturated rings. The molecule has 0 aliphatic heterocycles. The molecule has 0 aromatic heterocycles. The van der Waals surface area contributed by atoms with Crippen molar-refractivity contribution in [2.45, 2.75) is 25.8 Å². The second-order valence-corrected chi connectivity index (χ2v) is 4.11. The number of rotatable bonds is 7. The second kappa shape index (κ2) is 7.71. The maximum Gasteiger partial charge on any atom is 0.305 e. The summed E-state index contributed by atoms with van der Waals surface area (Å²) in [4.78, 5) is 10.9. The van der Waals surface area contributed by atoms with Crippen molar-refractivity contribution in [3.63, 3.8) is 0 Å². The minimum absolute atomic E-state index is 0.197. The van der Waals surface area contributed by atoms with Gasteiger partial charge in [-0.05, 0) is 38.1 Å². The molecule has 0 saturated heterocycles. The molecule has 1 atom stereocenters. The first-order valence-corrected chi connectivity index (χ1v) is 6.14. The van der Waals surface area contributed by atoms with E-state index in [1.165, 1.54) is 12.7 Å². The fourth-order valence-corrected chi connectivity index (χ4v) is 1.53. The van der Waals surface area contributed by atoms with Crippen molar-refractivity contribution in [3.8, 4) is 5.75 Å². The van der Waals surface area contributed by atoms with Gasteiger partial charge in [-0.1, -0.05) is 12.1 Å². The lowest BCUT2D eigenvalue weighted by molar-refractivity contribution is -0.140. The first-order valence-electron chi connectivity index (χ1n) is 6.14. The minimum atomic E-state index is -0.197. The van der Waals surface area contributed by atoms with Crippen LogP contribution in [0.3, 0.4) is 0 Å². The number of ether oxygens (including phenoxy) is 2. The number of esters is 1. The molecule has 1 aromatic carbocycles. The molecule has 4 heteroatoms. The van der Waals surface area contributed by atoms with Crippen molar-refractivity contribution in [3.05, 3.63) is 29.8 Å². The topological polar surface area (TPSA) is 47.6 Å². The average Bonchev–Trinajstić information content (AvgIpc) is 2.43. The predicted molar refractivity (Wildman–Crippen MR) is 70.7 cm³/mol. The maximum absolute atomic E-state index is 10.9. The Morgan fingerprint density at radius 1 is 1.33 bits per heavy atom. The zero-order valence-corrected chi connectivity index (χ0v) is 11.2. The normalized spacial score (nSPS) is 11.9. The Morgan fingerprint density at radius 2 is 2.00 bits per heavy atom. The van der Waals surface area contributed by atoms with Gasteiger partial charge in [0.25, 0.3) is 0 Å². The summed E-state index contributed by atoms with van der Waals surface area (Å²) in [6, 6.07) is 8.30. The predicted octanol–water partition coefficient (Wildman–Crippen LogP) is 2.30. The minimum Gasteiger partial charge on any atom is -0.494 e. The Bertz CT molecular complexity index is 362. The molecule has 0 spiro atoms. The fraction of sp³-hybridized carbons (Fsp3) is 0.500. The third-order valence-corrected chi connectivity index (χ3v) is 2.83. The number of methoxy groups -OCH3 is 1. The van der Waals surface area contributed by atoms with Crippen LogP contribution in [-0.2, 0) is 9.53 Å². The molecule has 18 heavy (non-hydrogen) atoms. The van der Waals surface area contributed by atoms with Crippen molar-refractivity contribution in [2.75, 3.05) is 20.8 Å². The van der Waals surface area contributed by atoms with Crippen LogP contribution in [0.1, 0.15) is 31.4 Å². The average molecular weight is 251 g/mol. The van der Waals surface area contributed by atoms with Crippen LogP contribution in [0.2, 0.25) is 0 Å². The monoisotopic (exact) mass is 251 g/mol. The summed E-state index contributed by atoms with van der Waals surface area (Å²) in [5, 5.41) is 3.18. The van der Waals surface area contributed by atoms with Gasteiger partial charge >= 0.3 is 5.97 Å². The van der Waals surface area contributed by atoms with E-state index in [9.17, 15) is 4.79 Å². The van der Waals surface area contributed by atoms with Crippen molar-refractivity contribution in [2.24, 2.45) is 0 Å². The van der Waals surface area contributed by atoms with Gasteiger partial charge < -0.3 is 14.8 Å². The van der Waals surface area contributed by atoms with Gasteiger partial charge in [0, 0.05) is 12.5 Å². The zero-order chi connectivity index (χ0) is 13.4. The Morgan fingerprint density at radius 3 is 2.56 bits per heavy atom. The molecular weight excluding hydrogens is 230 g/mol. The quantitative estimate of drug-likeness (QED) is 0.596. The molecule has 1 unspecified atom stereocenters. The van der Waals surface area contributed by atoms with Gasteiger partial charge in [-0.3, -0.25) is 4.79 Å². The number of carbonyl (C=O) groups is 1. The summed E-state index contributed by atoms with van der Waals surface area (Å²) in [6.07, 6.45) is 1.06. The van der Waals surface area contributed by atoms with Crippen LogP contribution in [0.4, 0.5) is 0 Å². The molecule has 0 amide bonds. The maximum atomic E-state index is 10.9. The van der Waals surface area contributed by atoms with Gasteiger partial charge in [-0.2, -0.15) is 0 Å². The van der Waals surface area contributed by atoms with Crippen LogP contribution in [0.15, 0.2) is 24.3 Å². The summed E-state index contributed by atoms with van der Waals surface area (Å²) >= 11 is 0. The number of hydrogen-bond donors (Lipinski definition) is 1. The van der Waals surface area contributed by atoms with Crippen LogP contribution in [-0.4, -0.2) is 26.7 Å². The molecule has 1 aromatic rings. The number of benzene rings is 1. The van der Waals surface area contributed by atoms with Crippen LogP contribution in [0.25, 0.3) is 0 Å². The highest BCUT2D eigenvalue weighted by Crippen LogP contribution is 2.17. The van der Waals surface area contributed by atoms with E-state index in [2.05, 4.69) is 17.0 Å². The Kier molecular flexibility index (Phi) is 6.22. The van der Waals surface area contributed by atoms with Gasteiger partial charge in [-0.25, -0.2) is 0 Å². The second-order valence-electron chi connectivity index (χ2n) is 4.11. The van der Waals surface area contributed by atoms with E-state index < -0.39 is 0 Å². The molecule has 0 radical (unpaired) electrons. The van der Waals surface area contributed by atoms with Crippen molar-refractivity contribution in [1.82, 2.24) is 5.32 Å². The molecule has 0 bridgehead atoms. The summed E-state index contributed by atoms with van der Waals surface area (Å²) < 4.78 is 10.1. The van der Waals surface area contributed by atoms with E-state index in [0.717, 1.165) is 5.75 Å². The van der Waals surface area contributed by atoms with Gasteiger partial charge in [0.15, 0.2) is 0 Å². The van der Waals surface area contributed by atoms with E-state index in [1.807, 2.05) is 31.3 Å². The molecule has 100 valence electrons. The molecule has 0 aliphatic carbocycles. The van der Waals surface area contributed by atoms with Gasteiger partial charge in [0.2, 0.25) is 0 Å². The summed E-state index contributed by atoms with van der Waals surface area (Å²) in [6.45, 7) is 2.63. The number of nitrogens with one attached hydrogen (secondary N) is 1. The Hall–Kier alpha value is -1.55. The lowest BCUT2D eigenvalue weighted by atomic mass is 10.1. The van der Waals surface area contributed by atoms with Crippen LogP contribution < -0.4 is 10.1 Å². The fourth-order valence-electron chi connectivity index (χ4n) is 1.53. The molecular formula is C14H21NO3. The van der Waals surface area contributed by atoms with Crippen molar-refractivity contribution < 1.29 is 14.3 Å². The van der Waals surface area contributed by atoms with Crippen LogP contribution >= 0.6 is 0 Å². The molecule has 0 aliphatic rings. The molecule has 0 heterocycles. The Labute approximate surface area is 108 Å². The zero-order valence-electron chi connectivity index (χ0n) is 11.2. The third kappa shape index (κ3) is 4.75. The lowest BCUT2D eigenvalue weighted by Gasteiger charge is -2.11.